The van der Waals surface area contributed by atoms with E-state index in [1.807, 2.05) is 31.2 Å². The molecule has 74 valence electrons. The summed E-state index contributed by atoms with van der Waals surface area (Å²) in [5.41, 5.74) is 3.02. The SMILES string of the molecule is Cc1cc(-c2nc3ccccc3s2)n[nH]1. The molecule has 3 rings (SSSR count). The van der Waals surface area contributed by atoms with Gasteiger partial charge >= 0.3 is 0 Å². The third-order valence-corrected chi connectivity index (χ3v) is 3.28. The first-order chi connectivity index (χ1) is 7.33. The first-order valence-electron chi connectivity index (χ1n) is 4.71. The highest BCUT2D eigenvalue weighted by atomic mass is 32.1. The standard InChI is InChI=1S/C11H9N3S/c1-7-6-9(14-13-7)11-12-8-4-2-3-5-10(8)15-11/h2-6H,1H3,(H,13,14). The van der Waals surface area contributed by atoms with Crippen LogP contribution in [0.4, 0.5) is 0 Å². The number of para-hydroxylation sites is 1. The van der Waals surface area contributed by atoms with Crippen LogP contribution in [-0.4, -0.2) is 15.2 Å². The second-order valence-electron chi connectivity index (χ2n) is 3.42. The second kappa shape index (κ2) is 3.17. The number of hydrogen-bond acceptors (Lipinski definition) is 3. The number of fused-ring (bicyclic) bond motifs is 1. The Morgan fingerprint density at radius 1 is 1.27 bits per heavy atom. The monoisotopic (exact) mass is 215 g/mol. The summed E-state index contributed by atoms with van der Waals surface area (Å²) in [7, 11) is 0. The van der Waals surface area contributed by atoms with Crippen molar-refractivity contribution in [2.75, 3.05) is 0 Å². The highest BCUT2D eigenvalue weighted by molar-refractivity contribution is 7.21. The van der Waals surface area contributed by atoms with E-state index in [0.29, 0.717) is 0 Å². The molecule has 0 atom stereocenters. The largest absolute Gasteiger partial charge is 0.282 e. The molecule has 3 aromatic rings. The molecule has 0 fully saturated rings. The lowest BCUT2D eigenvalue weighted by Crippen LogP contribution is -1.74. The summed E-state index contributed by atoms with van der Waals surface area (Å²) in [6.45, 7) is 1.99. The molecule has 0 saturated heterocycles. The number of aryl methyl sites for hydroxylation is 1. The first kappa shape index (κ1) is 8.61. The number of benzene rings is 1. The van der Waals surface area contributed by atoms with Crippen LogP contribution >= 0.6 is 11.3 Å². The van der Waals surface area contributed by atoms with Crippen LogP contribution in [0.1, 0.15) is 5.69 Å². The lowest BCUT2D eigenvalue weighted by Gasteiger charge is -1.83. The lowest BCUT2D eigenvalue weighted by atomic mass is 10.3. The van der Waals surface area contributed by atoms with Gasteiger partial charge in [-0.3, -0.25) is 5.10 Å². The van der Waals surface area contributed by atoms with Crippen LogP contribution in [0.3, 0.4) is 0 Å². The molecular weight excluding hydrogens is 206 g/mol. The maximum Gasteiger partial charge on any atom is 0.145 e. The van der Waals surface area contributed by atoms with Crippen LogP contribution in [0.5, 0.6) is 0 Å². The molecule has 0 saturated carbocycles. The lowest BCUT2D eigenvalue weighted by molar-refractivity contribution is 1.05. The first-order valence-corrected chi connectivity index (χ1v) is 5.52. The van der Waals surface area contributed by atoms with E-state index in [-0.39, 0.29) is 0 Å². The van der Waals surface area contributed by atoms with Crippen molar-refractivity contribution >= 4 is 21.6 Å². The molecule has 1 N–H and O–H groups in total. The number of rotatable bonds is 1. The Labute approximate surface area is 90.8 Å². The van der Waals surface area contributed by atoms with Gasteiger partial charge in [-0.15, -0.1) is 11.3 Å². The van der Waals surface area contributed by atoms with E-state index in [1.54, 1.807) is 11.3 Å². The Kier molecular flexibility index (Phi) is 1.82. The van der Waals surface area contributed by atoms with Crippen LogP contribution < -0.4 is 0 Å². The third-order valence-electron chi connectivity index (χ3n) is 2.22. The normalized spacial score (nSPS) is 11.0. The van der Waals surface area contributed by atoms with Gasteiger partial charge in [-0.25, -0.2) is 4.98 Å². The van der Waals surface area contributed by atoms with Gasteiger partial charge in [0, 0.05) is 5.69 Å². The number of aromatic amines is 1. The summed E-state index contributed by atoms with van der Waals surface area (Å²) >= 11 is 1.67. The fourth-order valence-electron chi connectivity index (χ4n) is 1.51. The summed E-state index contributed by atoms with van der Waals surface area (Å²) in [6.07, 6.45) is 0. The Morgan fingerprint density at radius 3 is 2.87 bits per heavy atom. The van der Waals surface area contributed by atoms with Crippen LogP contribution in [0.15, 0.2) is 30.3 Å². The average molecular weight is 215 g/mol. The Hall–Kier alpha value is -1.68. The smallest absolute Gasteiger partial charge is 0.145 e. The Bertz CT molecular complexity index is 576. The summed E-state index contributed by atoms with van der Waals surface area (Å²) in [4.78, 5) is 4.53. The van der Waals surface area contributed by atoms with E-state index in [2.05, 4.69) is 21.2 Å². The molecular formula is C11H9N3S. The van der Waals surface area contributed by atoms with Crippen molar-refractivity contribution in [2.45, 2.75) is 6.92 Å². The molecule has 2 heterocycles. The van der Waals surface area contributed by atoms with Crippen molar-refractivity contribution < 1.29 is 0 Å². The van der Waals surface area contributed by atoms with Gasteiger partial charge in [0.2, 0.25) is 0 Å². The summed E-state index contributed by atoms with van der Waals surface area (Å²) in [5.74, 6) is 0. The van der Waals surface area contributed by atoms with Crippen molar-refractivity contribution in [3.63, 3.8) is 0 Å². The van der Waals surface area contributed by atoms with E-state index in [0.717, 1.165) is 21.9 Å². The zero-order chi connectivity index (χ0) is 10.3. The highest BCUT2D eigenvalue weighted by Crippen LogP contribution is 2.28. The quantitative estimate of drug-likeness (QED) is 0.678. The minimum Gasteiger partial charge on any atom is -0.282 e. The number of nitrogens with one attached hydrogen (secondary N) is 1. The van der Waals surface area contributed by atoms with Crippen molar-refractivity contribution in [2.24, 2.45) is 0 Å². The number of aromatic nitrogens is 3. The molecule has 0 aliphatic rings. The molecule has 0 amide bonds. The van der Waals surface area contributed by atoms with E-state index in [4.69, 9.17) is 0 Å². The van der Waals surface area contributed by atoms with Gasteiger partial charge in [-0.05, 0) is 25.1 Å². The van der Waals surface area contributed by atoms with Gasteiger partial charge in [-0.2, -0.15) is 5.10 Å². The van der Waals surface area contributed by atoms with Gasteiger partial charge in [-0.1, -0.05) is 12.1 Å². The zero-order valence-electron chi connectivity index (χ0n) is 8.19. The summed E-state index contributed by atoms with van der Waals surface area (Å²) < 4.78 is 1.20. The number of hydrogen-bond donors (Lipinski definition) is 1. The minimum absolute atomic E-state index is 0.925. The fraction of sp³-hybridized carbons (Fsp3) is 0.0909. The number of H-pyrrole nitrogens is 1. The van der Waals surface area contributed by atoms with Gasteiger partial charge in [0.15, 0.2) is 0 Å². The number of nitrogens with zero attached hydrogens (tertiary/aromatic N) is 2. The molecule has 0 aliphatic heterocycles. The van der Waals surface area contributed by atoms with E-state index in [1.165, 1.54) is 4.70 Å². The van der Waals surface area contributed by atoms with E-state index >= 15 is 0 Å². The molecule has 3 nitrogen and oxygen atoms in total. The maximum atomic E-state index is 4.53. The van der Waals surface area contributed by atoms with Crippen molar-refractivity contribution in [3.05, 3.63) is 36.0 Å². The van der Waals surface area contributed by atoms with Crippen molar-refractivity contribution in [1.82, 2.24) is 15.2 Å². The Balaban J connectivity index is 2.19. The molecule has 4 heteroatoms. The predicted molar refractivity (Wildman–Crippen MR) is 61.9 cm³/mol. The van der Waals surface area contributed by atoms with Crippen molar-refractivity contribution in [3.8, 4) is 10.7 Å². The minimum atomic E-state index is 0.925. The second-order valence-corrected chi connectivity index (χ2v) is 4.45. The van der Waals surface area contributed by atoms with E-state index < -0.39 is 0 Å². The molecule has 15 heavy (non-hydrogen) atoms. The summed E-state index contributed by atoms with van der Waals surface area (Å²) in [6, 6.07) is 10.1. The van der Waals surface area contributed by atoms with Gasteiger partial charge < -0.3 is 0 Å². The molecule has 0 bridgehead atoms. The van der Waals surface area contributed by atoms with Crippen LogP contribution in [0.2, 0.25) is 0 Å². The number of thiazole rings is 1. The van der Waals surface area contributed by atoms with Crippen LogP contribution in [0, 0.1) is 6.92 Å². The molecule has 0 aliphatic carbocycles. The predicted octanol–water partition coefficient (Wildman–Crippen LogP) is 2.99. The zero-order valence-corrected chi connectivity index (χ0v) is 9.01. The molecule has 0 unspecified atom stereocenters. The maximum absolute atomic E-state index is 4.53. The van der Waals surface area contributed by atoms with Gasteiger partial charge in [0.05, 0.1) is 10.2 Å². The molecule has 2 aromatic heterocycles. The topological polar surface area (TPSA) is 41.6 Å². The van der Waals surface area contributed by atoms with Gasteiger partial charge in [0.1, 0.15) is 10.7 Å². The molecule has 0 radical (unpaired) electrons. The average Bonchev–Trinajstić information content (AvgIpc) is 2.82. The summed E-state index contributed by atoms with van der Waals surface area (Å²) in [5, 5.41) is 8.11. The fourth-order valence-corrected chi connectivity index (χ4v) is 2.44. The highest BCUT2D eigenvalue weighted by Gasteiger charge is 2.07. The molecule has 1 aromatic carbocycles. The third kappa shape index (κ3) is 1.43. The Morgan fingerprint density at radius 2 is 2.13 bits per heavy atom. The van der Waals surface area contributed by atoms with Crippen LogP contribution in [-0.2, 0) is 0 Å². The van der Waals surface area contributed by atoms with Crippen molar-refractivity contribution in [1.29, 1.82) is 0 Å². The van der Waals surface area contributed by atoms with E-state index in [9.17, 15) is 0 Å². The molecule has 0 spiro atoms. The van der Waals surface area contributed by atoms with Crippen LogP contribution in [0.25, 0.3) is 20.9 Å². The van der Waals surface area contributed by atoms with Gasteiger partial charge in [0.25, 0.3) is 0 Å².